The van der Waals surface area contributed by atoms with Gasteiger partial charge in [0.1, 0.15) is 5.82 Å². The molecule has 2 aromatic carbocycles. The molecule has 90 valence electrons. The number of aromatic nitrogens is 2. The van der Waals surface area contributed by atoms with Crippen LogP contribution in [0.5, 0.6) is 0 Å². The first-order valence-electron chi connectivity index (χ1n) is 5.99. The highest BCUT2D eigenvalue weighted by atomic mass is 15.1. The molecule has 18 heavy (non-hydrogen) atoms. The quantitative estimate of drug-likeness (QED) is 0.696. The molecular formula is C15H15N3. The van der Waals surface area contributed by atoms with Crippen molar-refractivity contribution >= 4 is 16.7 Å². The number of benzene rings is 2. The van der Waals surface area contributed by atoms with E-state index in [2.05, 4.69) is 21.7 Å². The fourth-order valence-electron chi connectivity index (χ4n) is 2.22. The van der Waals surface area contributed by atoms with Gasteiger partial charge in [0.05, 0.1) is 11.0 Å². The van der Waals surface area contributed by atoms with E-state index in [-0.39, 0.29) is 0 Å². The number of rotatable bonds is 2. The predicted molar refractivity (Wildman–Crippen MR) is 74.4 cm³/mol. The van der Waals surface area contributed by atoms with Crippen LogP contribution in [0.15, 0.2) is 48.5 Å². The van der Waals surface area contributed by atoms with Crippen molar-refractivity contribution in [3.05, 3.63) is 59.9 Å². The second kappa shape index (κ2) is 4.18. The van der Waals surface area contributed by atoms with Gasteiger partial charge in [-0.2, -0.15) is 0 Å². The van der Waals surface area contributed by atoms with Crippen molar-refractivity contribution in [3.63, 3.8) is 0 Å². The van der Waals surface area contributed by atoms with Crippen molar-refractivity contribution in [2.75, 3.05) is 5.73 Å². The Morgan fingerprint density at radius 2 is 1.78 bits per heavy atom. The SMILES string of the molecule is Cn1c(Cc2ccccc2N)nc2ccccc21. The Hall–Kier alpha value is -2.29. The molecule has 0 amide bonds. The number of para-hydroxylation sites is 3. The molecule has 0 unspecified atom stereocenters. The zero-order valence-corrected chi connectivity index (χ0v) is 10.3. The van der Waals surface area contributed by atoms with Gasteiger partial charge in [-0.15, -0.1) is 0 Å². The number of anilines is 1. The Labute approximate surface area is 106 Å². The fourth-order valence-corrected chi connectivity index (χ4v) is 2.22. The van der Waals surface area contributed by atoms with Gasteiger partial charge in [-0.25, -0.2) is 4.98 Å². The van der Waals surface area contributed by atoms with Gasteiger partial charge in [0.2, 0.25) is 0 Å². The van der Waals surface area contributed by atoms with Crippen molar-refractivity contribution in [1.29, 1.82) is 0 Å². The molecule has 3 rings (SSSR count). The molecule has 1 aromatic heterocycles. The zero-order valence-electron chi connectivity index (χ0n) is 10.3. The van der Waals surface area contributed by atoms with Gasteiger partial charge < -0.3 is 10.3 Å². The number of nitrogens with two attached hydrogens (primary N) is 1. The van der Waals surface area contributed by atoms with Crippen LogP contribution in [-0.2, 0) is 13.5 Å². The lowest BCUT2D eigenvalue weighted by molar-refractivity contribution is 0.845. The summed E-state index contributed by atoms with van der Waals surface area (Å²) in [4.78, 5) is 4.66. The summed E-state index contributed by atoms with van der Waals surface area (Å²) in [5, 5.41) is 0. The van der Waals surface area contributed by atoms with Gasteiger partial charge in [0.15, 0.2) is 0 Å². The molecule has 3 nitrogen and oxygen atoms in total. The molecule has 3 aromatic rings. The molecule has 0 saturated heterocycles. The highest BCUT2D eigenvalue weighted by Crippen LogP contribution is 2.19. The molecule has 1 heterocycles. The number of hydrogen-bond donors (Lipinski definition) is 1. The van der Waals surface area contributed by atoms with Gasteiger partial charge in [-0.05, 0) is 23.8 Å². The van der Waals surface area contributed by atoms with Crippen molar-refractivity contribution < 1.29 is 0 Å². The normalized spacial score (nSPS) is 10.9. The number of nitrogens with zero attached hydrogens (tertiary/aromatic N) is 2. The number of nitrogen functional groups attached to an aromatic ring is 1. The van der Waals surface area contributed by atoms with E-state index in [0.717, 1.165) is 34.5 Å². The summed E-state index contributed by atoms with van der Waals surface area (Å²) in [6.07, 6.45) is 0.762. The lowest BCUT2D eigenvalue weighted by atomic mass is 10.1. The van der Waals surface area contributed by atoms with Crippen LogP contribution in [0.3, 0.4) is 0 Å². The molecular weight excluding hydrogens is 222 g/mol. The predicted octanol–water partition coefficient (Wildman–Crippen LogP) is 2.75. The third-order valence-corrected chi connectivity index (χ3v) is 3.28. The maximum absolute atomic E-state index is 5.98. The lowest BCUT2D eigenvalue weighted by Gasteiger charge is -2.05. The summed E-state index contributed by atoms with van der Waals surface area (Å²) >= 11 is 0. The van der Waals surface area contributed by atoms with Crippen molar-refractivity contribution in [3.8, 4) is 0 Å². The molecule has 0 aliphatic rings. The standard InChI is InChI=1S/C15H15N3/c1-18-14-9-5-4-8-13(14)17-15(18)10-11-6-2-3-7-12(11)16/h2-9H,10,16H2,1H3. The van der Waals surface area contributed by atoms with E-state index < -0.39 is 0 Å². The van der Waals surface area contributed by atoms with E-state index in [1.165, 1.54) is 0 Å². The van der Waals surface area contributed by atoms with E-state index in [1.54, 1.807) is 0 Å². The molecule has 0 saturated carbocycles. The number of fused-ring (bicyclic) bond motifs is 1. The maximum Gasteiger partial charge on any atom is 0.114 e. The fraction of sp³-hybridized carbons (Fsp3) is 0.133. The van der Waals surface area contributed by atoms with E-state index in [4.69, 9.17) is 5.73 Å². The second-order valence-corrected chi connectivity index (χ2v) is 4.45. The minimum absolute atomic E-state index is 0.762. The summed E-state index contributed by atoms with van der Waals surface area (Å²) in [5.74, 6) is 1.04. The number of aryl methyl sites for hydroxylation is 1. The highest BCUT2D eigenvalue weighted by molar-refractivity contribution is 5.75. The summed E-state index contributed by atoms with van der Waals surface area (Å²) in [6, 6.07) is 16.1. The van der Waals surface area contributed by atoms with Crippen LogP contribution in [0.4, 0.5) is 5.69 Å². The smallest absolute Gasteiger partial charge is 0.114 e. The van der Waals surface area contributed by atoms with Crippen molar-refractivity contribution in [1.82, 2.24) is 9.55 Å². The summed E-state index contributed by atoms with van der Waals surface area (Å²) in [6.45, 7) is 0. The molecule has 2 N–H and O–H groups in total. The minimum Gasteiger partial charge on any atom is -0.398 e. The Kier molecular flexibility index (Phi) is 2.52. The molecule has 0 radical (unpaired) electrons. The first kappa shape index (κ1) is 10.8. The van der Waals surface area contributed by atoms with E-state index >= 15 is 0 Å². The van der Waals surface area contributed by atoms with Gasteiger partial charge in [-0.1, -0.05) is 30.3 Å². The second-order valence-electron chi connectivity index (χ2n) is 4.45. The minimum atomic E-state index is 0.762. The molecule has 3 heteroatoms. The van der Waals surface area contributed by atoms with Crippen LogP contribution in [0.2, 0.25) is 0 Å². The largest absolute Gasteiger partial charge is 0.398 e. The van der Waals surface area contributed by atoms with Gasteiger partial charge in [0, 0.05) is 19.2 Å². The van der Waals surface area contributed by atoms with Gasteiger partial charge in [0.25, 0.3) is 0 Å². The third kappa shape index (κ3) is 1.74. The van der Waals surface area contributed by atoms with E-state index in [1.807, 2.05) is 43.4 Å². The van der Waals surface area contributed by atoms with Crippen molar-refractivity contribution in [2.24, 2.45) is 7.05 Å². The molecule has 0 atom stereocenters. The maximum atomic E-state index is 5.98. The average Bonchev–Trinajstić information content (AvgIpc) is 2.70. The molecule has 0 fully saturated rings. The van der Waals surface area contributed by atoms with E-state index in [0.29, 0.717) is 0 Å². The van der Waals surface area contributed by atoms with E-state index in [9.17, 15) is 0 Å². The highest BCUT2D eigenvalue weighted by Gasteiger charge is 2.08. The Morgan fingerprint density at radius 1 is 1.06 bits per heavy atom. The first-order valence-corrected chi connectivity index (χ1v) is 5.99. The first-order chi connectivity index (χ1) is 8.75. The van der Waals surface area contributed by atoms with Crippen LogP contribution in [0.25, 0.3) is 11.0 Å². The van der Waals surface area contributed by atoms with Crippen LogP contribution in [0.1, 0.15) is 11.4 Å². The van der Waals surface area contributed by atoms with Gasteiger partial charge in [-0.3, -0.25) is 0 Å². The Balaban J connectivity index is 2.06. The molecule has 0 aliphatic carbocycles. The Bertz CT molecular complexity index is 698. The lowest BCUT2D eigenvalue weighted by Crippen LogP contribution is -2.01. The van der Waals surface area contributed by atoms with Crippen molar-refractivity contribution in [2.45, 2.75) is 6.42 Å². The van der Waals surface area contributed by atoms with Crippen LogP contribution >= 0.6 is 0 Å². The average molecular weight is 237 g/mol. The summed E-state index contributed by atoms with van der Waals surface area (Å²) in [7, 11) is 2.05. The van der Waals surface area contributed by atoms with Crippen LogP contribution in [-0.4, -0.2) is 9.55 Å². The molecule has 0 bridgehead atoms. The topological polar surface area (TPSA) is 43.8 Å². The number of imidazole rings is 1. The Morgan fingerprint density at radius 3 is 2.56 bits per heavy atom. The van der Waals surface area contributed by atoms with Gasteiger partial charge >= 0.3 is 0 Å². The van der Waals surface area contributed by atoms with Crippen LogP contribution in [0, 0.1) is 0 Å². The van der Waals surface area contributed by atoms with Crippen LogP contribution < -0.4 is 5.73 Å². The zero-order chi connectivity index (χ0) is 12.5. The molecule has 0 aliphatic heterocycles. The number of hydrogen-bond acceptors (Lipinski definition) is 2. The molecule has 0 spiro atoms. The summed E-state index contributed by atoms with van der Waals surface area (Å²) in [5.41, 5.74) is 10.1. The third-order valence-electron chi connectivity index (χ3n) is 3.28. The monoisotopic (exact) mass is 237 g/mol. The summed E-state index contributed by atoms with van der Waals surface area (Å²) < 4.78 is 2.13.